The Morgan fingerprint density at radius 1 is 1.12 bits per heavy atom. The van der Waals surface area contributed by atoms with Gasteiger partial charge in [-0.05, 0) is 56.1 Å². The summed E-state index contributed by atoms with van der Waals surface area (Å²) < 4.78 is 35.8. The molecule has 4 aromatic rings. The van der Waals surface area contributed by atoms with E-state index in [1.165, 1.54) is 16.3 Å². The van der Waals surface area contributed by atoms with Gasteiger partial charge in [0.05, 0.1) is 17.4 Å². The minimum Gasteiger partial charge on any atom is -0.487 e. The maximum atomic E-state index is 13.7. The van der Waals surface area contributed by atoms with E-state index in [-0.39, 0.29) is 23.6 Å². The Balaban J connectivity index is 1.54. The van der Waals surface area contributed by atoms with E-state index in [0.717, 1.165) is 48.2 Å². The molecule has 3 heterocycles. The van der Waals surface area contributed by atoms with Crippen LogP contribution < -0.4 is 15.6 Å². The van der Waals surface area contributed by atoms with Gasteiger partial charge in [-0.3, -0.25) is 14.3 Å². The van der Waals surface area contributed by atoms with E-state index in [2.05, 4.69) is 20.9 Å². The van der Waals surface area contributed by atoms with Crippen LogP contribution in [0.3, 0.4) is 0 Å². The number of fused-ring (bicyclic) bond motifs is 1. The molecular weight excluding hydrogens is 414 g/mol. The van der Waals surface area contributed by atoms with Crippen molar-refractivity contribution >= 4 is 10.9 Å². The van der Waals surface area contributed by atoms with Crippen LogP contribution in [-0.4, -0.2) is 27.7 Å². The Labute approximate surface area is 184 Å². The van der Waals surface area contributed by atoms with Gasteiger partial charge in [0.25, 0.3) is 5.56 Å². The molecule has 0 amide bonds. The third kappa shape index (κ3) is 4.55. The molecule has 0 atom stereocenters. The average molecular weight is 438 g/mol. The maximum absolute atomic E-state index is 13.7. The number of benzene rings is 1. The number of ether oxygens (including phenoxy) is 1. The van der Waals surface area contributed by atoms with Crippen LogP contribution in [0.25, 0.3) is 16.6 Å². The molecule has 0 aliphatic carbocycles. The molecule has 0 saturated heterocycles. The Kier molecular flexibility index (Phi) is 6.32. The first-order valence-corrected chi connectivity index (χ1v) is 10.3. The van der Waals surface area contributed by atoms with Crippen molar-refractivity contribution in [2.75, 3.05) is 13.6 Å². The number of aryl methyl sites for hydroxylation is 2. The highest BCUT2D eigenvalue weighted by molar-refractivity contribution is 5.83. The predicted molar refractivity (Wildman–Crippen MR) is 119 cm³/mol. The number of hydrogen-bond acceptors (Lipinski definition) is 4. The number of rotatable bonds is 8. The molecule has 32 heavy (non-hydrogen) atoms. The van der Waals surface area contributed by atoms with Gasteiger partial charge in [0.1, 0.15) is 23.9 Å². The molecule has 6 nitrogen and oxygen atoms in total. The number of halogens is 2. The van der Waals surface area contributed by atoms with Gasteiger partial charge in [-0.15, -0.1) is 0 Å². The van der Waals surface area contributed by atoms with E-state index in [4.69, 9.17) is 4.74 Å². The molecular formula is C24H24F2N4O2. The second-order valence-electron chi connectivity index (χ2n) is 7.59. The van der Waals surface area contributed by atoms with Gasteiger partial charge in [0.15, 0.2) is 5.82 Å². The summed E-state index contributed by atoms with van der Waals surface area (Å²) in [6.45, 7) is 0.752. The second-order valence-corrected chi connectivity index (χ2v) is 7.59. The summed E-state index contributed by atoms with van der Waals surface area (Å²) in [5.41, 5.74) is 2.72. The Morgan fingerprint density at radius 3 is 2.72 bits per heavy atom. The fraction of sp³-hybridized carbons (Fsp3) is 0.250. The summed E-state index contributed by atoms with van der Waals surface area (Å²) in [5, 5.41) is 4.28. The van der Waals surface area contributed by atoms with Crippen molar-refractivity contribution in [2.45, 2.75) is 19.4 Å². The molecule has 0 unspecified atom stereocenters. The van der Waals surface area contributed by atoms with Crippen molar-refractivity contribution in [1.29, 1.82) is 0 Å². The van der Waals surface area contributed by atoms with E-state index in [1.807, 2.05) is 32.3 Å². The molecule has 166 valence electrons. The lowest BCUT2D eigenvalue weighted by Gasteiger charge is -2.10. The van der Waals surface area contributed by atoms with Crippen molar-refractivity contribution in [3.63, 3.8) is 0 Å². The highest BCUT2D eigenvalue weighted by Crippen LogP contribution is 2.23. The summed E-state index contributed by atoms with van der Waals surface area (Å²) >= 11 is 0. The maximum Gasteiger partial charge on any atom is 0.258 e. The molecule has 1 aromatic carbocycles. The van der Waals surface area contributed by atoms with Crippen LogP contribution in [0.1, 0.15) is 17.8 Å². The lowest BCUT2D eigenvalue weighted by molar-refractivity contribution is 0.292. The van der Waals surface area contributed by atoms with Crippen LogP contribution in [0.5, 0.6) is 5.75 Å². The molecule has 0 aliphatic heterocycles. The first-order chi connectivity index (χ1) is 15.5. The number of pyridine rings is 2. The van der Waals surface area contributed by atoms with Gasteiger partial charge in [-0.2, -0.15) is 0 Å². The monoisotopic (exact) mass is 438 g/mol. The van der Waals surface area contributed by atoms with Gasteiger partial charge >= 0.3 is 0 Å². The van der Waals surface area contributed by atoms with Gasteiger partial charge in [-0.25, -0.2) is 8.78 Å². The highest BCUT2D eigenvalue weighted by atomic mass is 19.1. The summed E-state index contributed by atoms with van der Waals surface area (Å²) in [5.74, 6) is -1.27. The summed E-state index contributed by atoms with van der Waals surface area (Å²) in [6, 6.07) is 11.8. The minimum absolute atomic E-state index is 0.0322. The highest BCUT2D eigenvalue weighted by Gasteiger charge is 2.10. The van der Waals surface area contributed by atoms with E-state index in [9.17, 15) is 13.6 Å². The van der Waals surface area contributed by atoms with Crippen molar-refractivity contribution in [2.24, 2.45) is 7.05 Å². The zero-order valence-corrected chi connectivity index (χ0v) is 17.9. The topological polar surface area (TPSA) is 61.1 Å². The van der Waals surface area contributed by atoms with E-state index in [0.29, 0.717) is 0 Å². The number of hydrogen-bond donors (Lipinski definition) is 1. The van der Waals surface area contributed by atoms with Crippen molar-refractivity contribution in [1.82, 2.24) is 19.4 Å². The molecule has 0 saturated carbocycles. The standard InChI is InChI=1S/C24H24F2N4O2/c1-27-8-3-4-18-10-16-5-6-19(12-23(16)29(18)2)30-9-7-20(13-24(30)31)32-15-22-21(26)11-17(25)14-28-22/h5-7,9-14,27H,3-4,8,15H2,1-2H3. The van der Waals surface area contributed by atoms with Crippen LogP contribution in [0.4, 0.5) is 8.78 Å². The van der Waals surface area contributed by atoms with E-state index in [1.54, 1.807) is 12.3 Å². The Bertz CT molecular complexity index is 1310. The van der Waals surface area contributed by atoms with Crippen molar-refractivity contribution < 1.29 is 13.5 Å². The first kappa shape index (κ1) is 21.7. The quantitative estimate of drug-likeness (QED) is 0.426. The van der Waals surface area contributed by atoms with Crippen LogP contribution in [-0.2, 0) is 20.1 Å². The number of aromatic nitrogens is 3. The third-order valence-electron chi connectivity index (χ3n) is 5.42. The molecule has 1 N–H and O–H groups in total. The zero-order valence-electron chi connectivity index (χ0n) is 17.9. The van der Waals surface area contributed by atoms with Crippen LogP contribution >= 0.6 is 0 Å². The van der Waals surface area contributed by atoms with Crippen LogP contribution in [0.2, 0.25) is 0 Å². The third-order valence-corrected chi connectivity index (χ3v) is 5.42. The smallest absolute Gasteiger partial charge is 0.258 e. The fourth-order valence-corrected chi connectivity index (χ4v) is 3.68. The second kappa shape index (κ2) is 9.32. The predicted octanol–water partition coefficient (Wildman–Crippen LogP) is 3.73. The van der Waals surface area contributed by atoms with E-state index >= 15 is 0 Å². The average Bonchev–Trinajstić information content (AvgIpc) is 3.08. The van der Waals surface area contributed by atoms with Crippen molar-refractivity contribution in [3.05, 3.63) is 88.2 Å². The molecule has 0 spiro atoms. The number of nitrogens with zero attached hydrogens (tertiary/aromatic N) is 3. The van der Waals surface area contributed by atoms with Crippen LogP contribution in [0.15, 0.2) is 59.7 Å². The molecule has 0 fully saturated rings. The molecule has 3 aromatic heterocycles. The Morgan fingerprint density at radius 2 is 1.97 bits per heavy atom. The largest absolute Gasteiger partial charge is 0.487 e. The molecule has 0 radical (unpaired) electrons. The number of nitrogens with one attached hydrogen (secondary N) is 1. The minimum atomic E-state index is -0.792. The van der Waals surface area contributed by atoms with Crippen LogP contribution in [0, 0.1) is 11.6 Å². The fourth-order valence-electron chi connectivity index (χ4n) is 3.68. The SMILES string of the molecule is CNCCCc1cc2ccc(-n3ccc(OCc4ncc(F)cc4F)cc3=O)cc2n1C. The van der Waals surface area contributed by atoms with Crippen molar-refractivity contribution in [3.8, 4) is 11.4 Å². The van der Waals surface area contributed by atoms with Gasteiger partial charge < -0.3 is 14.6 Å². The normalized spacial score (nSPS) is 11.2. The van der Waals surface area contributed by atoms with E-state index < -0.39 is 11.6 Å². The summed E-state index contributed by atoms with van der Waals surface area (Å²) in [7, 11) is 3.98. The van der Waals surface area contributed by atoms with Gasteiger partial charge in [-0.1, -0.05) is 6.07 Å². The summed E-state index contributed by atoms with van der Waals surface area (Å²) in [4.78, 5) is 16.4. The molecule has 0 bridgehead atoms. The zero-order chi connectivity index (χ0) is 22.7. The molecule has 0 aliphatic rings. The molecule has 4 rings (SSSR count). The Hall–Kier alpha value is -3.52. The lowest BCUT2D eigenvalue weighted by atomic mass is 10.2. The molecule has 8 heteroatoms. The first-order valence-electron chi connectivity index (χ1n) is 10.3. The summed E-state index contributed by atoms with van der Waals surface area (Å²) in [6.07, 6.45) is 4.55. The lowest BCUT2D eigenvalue weighted by Crippen LogP contribution is -2.17. The van der Waals surface area contributed by atoms with Gasteiger partial charge in [0, 0.05) is 31.1 Å². The van der Waals surface area contributed by atoms with Gasteiger partial charge in [0.2, 0.25) is 0 Å².